The molecule has 260 valence electrons. The molecule has 0 fully saturated rings. The Bertz CT molecular complexity index is 1140. The van der Waals surface area contributed by atoms with Crippen molar-refractivity contribution in [3.05, 3.63) is 0 Å². The number of sulfonamides is 1. The van der Waals surface area contributed by atoms with Crippen LogP contribution >= 0.6 is 0 Å². The first-order valence-corrected chi connectivity index (χ1v) is 10.9. The monoisotopic (exact) mass is 727 g/mol. The maximum absolute atomic E-state index is 13.7. The van der Waals surface area contributed by atoms with Crippen LogP contribution in [0, 0.1) is 0 Å². The maximum Gasteiger partial charge on any atom is 0.460 e. The van der Waals surface area contributed by atoms with Gasteiger partial charge in [0.2, 0.25) is 10.0 Å². The lowest BCUT2D eigenvalue weighted by Crippen LogP contribution is -2.78. The third kappa shape index (κ3) is 5.39. The van der Waals surface area contributed by atoms with Crippen molar-refractivity contribution >= 4 is 10.0 Å². The van der Waals surface area contributed by atoms with E-state index < -0.39 is 93.5 Å². The number of hydrogen-bond acceptors (Lipinski definition) is 2. The van der Waals surface area contributed by atoms with Gasteiger partial charge in [0.05, 0.1) is 5.75 Å². The van der Waals surface area contributed by atoms with Gasteiger partial charge in [0.15, 0.2) is 0 Å². The van der Waals surface area contributed by atoms with Crippen molar-refractivity contribution in [2.24, 2.45) is 5.14 Å². The van der Waals surface area contributed by atoms with Crippen LogP contribution in [0.2, 0.25) is 0 Å². The van der Waals surface area contributed by atoms with E-state index in [0.717, 1.165) is 0 Å². The van der Waals surface area contributed by atoms with Crippen molar-refractivity contribution < 1.29 is 118 Å². The van der Waals surface area contributed by atoms with Gasteiger partial charge in [-0.1, -0.05) is 0 Å². The summed E-state index contributed by atoms with van der Waals surface area (Å²) in [6.45, 7) is 0. The van der Waals surface area contributed by atoms with Crippen LogP contribution < -0.4 is 5.14 Å². The Labute approximate surface area is 218 Å². The van der Waals surface area contributed by atoms with Crippen molar-refractivity contribution in [1.29, 1.82) is 0 Å². The SMILES string of the molecule is NS(=O)(=O)CCC(F)(F)C(F)(F)C(F)(F)C(F)(F)C(F)(F)C(F)(F)C(F)(F)C(F)(F)C(F)(F)C(F)(F)C(F)(F)C(F)(F)F. The molecule has 0 spiro atoms. The standard InChI is InChI=1S/C14H6F25NO2S/c15-3(16,1-2-43(40,41)42)4(17,18)5(19,20)6(21,22)7(23,24)8(25,26)9(27,28)10(29,30)11(31,32)12(33,34)13(35,36)14(37,38)39/h1-2H2,(H2,40,41,42). The highest BCUT2D eigenvalue weighted by molar-refractivity contribution is 7.89. The third-order valence-corrected chi connectivity index (χ3v) is 5.84. The van der Waals surface area contributed by atoms with Gasteiger partial charge in [-0.2, -0.15) is 110 Å². The summed E-state index contributed by atoms with van der Waals surface area (Å²) in [4.78, 5) is 0. The molecule has 0 bridgehead atoms. The molecule has 0 aliphatic rings. The van der Waals surface area contributed by atoms with Gasteiger partial charge in [0.25, 0.3) is 0 Å². The number of nitrogens with two attached hydrogens (primary N) is 1. The maximum atomic E-state index is 13.7. The molecule has 0 saturated carbocycles. The fourth-order valence-corrected chi connectivity index (χ4v) is 2.95. The molecule has 0 aliphatic heterocycles. The molecule has 0 atom stereocenters. The van der Waals surface area contributed by atoms with E-state index in [1.807, 2.05) is 0 Å². The summed E-state index contributed by atoms with van der Waals surface area (Å²) in [6, 6.07) is 0. The van der Waals surface area contributed by atoms with Crippen molar-refractivity contribution in [3.8, 4) is 0 Å². The van der Waals surface area contributed by atoms with E-state index >= 15 is 0 Å². The van der Waals surface area contributed by atoms with Crippen molar-refractivity contribution in [2.75, 3.05) is 5.75 Å². The van der Waals surface area contributed by atoms with Crippen LogP contribution in [0.1, 0.15) is 6.42 Å². The van der Waals surface area contributed by atoms with Crippen LogP contribution in [0.4, 0.5) is 110 Å². The molecule has 0 aromatic rings. The second-order valence-electron chi connectivity index (χ2n) is 8.06. The van der Waals surface area contributed by atoms with Gasteiger partial charge in [-0.25, -0.2) is 13.6 Å². The lowest BCUT2D eigenvalue weighted by Gasteiger charge is -2.45. The molecule has 0 saturated heterocycles. The molecule has 29 heteroatoms. The van der Waals surface area contributed by atoms with Crippen LogP contribution in [0.25, 0.3) is 0 Å². The largest absolute Gasteiger partial charge is 0.460 e. The summed E-state index contributed by atoms with van der Waals surface area (Å²) in [5, 5.41) is 3.97. The number of alkyl halides is 25. The van der Waals surface area contributed by atoms with Gasteiger partial charge in [0, 0.05) is 6.42 Å². The summed E-state index contributed by atoms with van der Waals surface area (Å²) < 4.78 is 352. The van der Waals surface area contributed by atoms with Crippen LogP contribution in [0.5, 0.6) is 0 Å². The lowest BCUT2D eigenvalue weighted by atomic mass is 9.84. The topological polar surface area (TPSA) is 60.2 Å². The van der Waals surface area contributed by atoms with Gasteiger partial charge in [-0.05, 0) is 0 Å². The van der Waals surface area contributed by atoms with Gasteiger partial charge >= 0.3 is 71.3 Å². The summed E-state index contributed by atoms with van der Waals surface area (Å²) in [5.74, 6) is -102. The summed E-state index contributed by atoms with van der Waals surface area (Å²) in [6.07, 6.45) is -11.6. The zero-order chi connectivity index (χ0) is 35.9. The normalized spacial score (nSPS) is 17.0. The molecule has 43 heavy (non-hydrogen) atoms. The van der Waals surface area contributed by atoms with E-state index in [-0.39, 0.29) is 0 Å². The van der Waals surface area contributed by atoms with E-state index in [2.05, 4.69) is 5.14 Å². The average molecular weight is 727 g/mol. The lowest BCUT2D eigenvalue weighted by molar-refractivity contribution is -0.482. The smallest absolute Gasteiger partial charge is 0.229 e. The second kappa shape index (κ2) is 10.1. The highest BCUT2D eigenvalue weighted by Gasteiger charge is 2.99. The Hall–Kier alpha value is -1.84. The van der Waals surface area contributed by atoms with E-state index in [4.69, 9.17) is 0 Å². The van der Waals surface area contributed by atoms with Crippen molar-refractivity contribution in [2.45, 2.75) is 77.7 Å². The molecule has 0 heterocycles. The van der Waals surface area contributed by atoms with Crippen molar-refractivity contribution in [1.82, 2.24) is 0 Å². The predicted molar refractivity (Wildman–Crippen MR) is 83.1 cm³/mol. The first-order chi connectivity index (χ1) is 18.0. The minimum absolute atomic E-state index is 2.65. The van der Waals surface area contributed by atoms with Crippen LogP contribution in [-0.4, -0.2) is 85.5 Å². The summed E-state index contributed by atoms with van der Waals surface area (Å²) in [7, 11) is -5.48. The fourth-order valence-electron chi connectivity index (χ4n) is 2.41. The van der Waals surface area contributed by atoms with Gasteiger partial charge in [0.1, 0.15) is 0 Å². The number of rotatable bonds is 13. The van der Waals surface area contributed by atoms with E-state index in [0.29, 0.717) is 0 Å². The molecular formula is C14H6F25NO2S. The summed E-state index contributed by atoms with van der Waals surface area (Å²) >= 11 is 0. The zero-order valence-electron chi connectivity index (χ0n) is 18.7. The molecule has 0 aliphatic carbocycles. The fraction of sp³-hybridized carbons (Fsp3) is 1.00. The van der Waals surface area contributed by atoms with Crippen molar-refractivity contribution in [3.63, 3.8) is 0 Å². The molecule has 2 N–H and O–H groups in total. The third-order valence-electron chi connectivity index (χ3n) is 5.07. The molecule has 0 rings (SSSR count). The summed E-state index contributed by atoms with van der Waals surface area (Å²) in [5.41, 5.74) is 0. The molecule has 3 nitrogen and oxygen atoms in total. The predicted octanol–water partition coefficient (Wildman–Crippen LogP) is 7.22. The van der Waals surface area contributed by atoms with Crippen LogP contribution in [-0.2, 0) is 10.0 Å². The van der Waals surface area contributed by atoms with Crippen LogP contribution in [0.3, 0.4) is 0 Å². The van der Waals surface area contributed by atoms with Gasteiger partial charge in [-0.15, -0.1) is 0 Å². The molecule has 0 aromatic heterocycles. The Morgan fingerprint density at radius 1 is 0.349 bits per heavy atom. The van der Waals surface area contributed by atoms with E-state index in [1.165, 1.54) is 0 Å². The minimum Gasteiger partial charge on any atom is -0.229 e. The first kappa shape index (κ1) is 41.2. The highest BCUT2D eigenvalue weighted by atomic mass is 32.2. The van der Waals surface area contributed by atoms with Crippen LogP contribution in [0.15, 0.2) is 0 Å². The minimum atomic E-state index is -9.66. The molecule has 0 aromatic carbocycles. The molecule has 0 amide bonds. The van der Waals surface area contributed by atoms with Gasteiger partial charge in [-0.3, -0.25) is 0 Å². The Kier molecular flexibility index (Phi) is 9.65. The highest BCUT2D eigenvalue weighted by Crippen LogP contribution is 2.67. The number of hydrogen-bond donors (Lipinski definition) is 1. The molecule has 0 radical (unpaired) electrons. The van der Waals surface area contributed by atoms with E-state index in [9.17, 15) is 118 Å². The van der Waals surface area contributed by atoms with E-state index in [1.54, 1.807) is 0 Å². The Morgan fingerprint density at radius 2 is 0.535 bits per heavy atom. The average Bonchev–Trinajstić information content (AvgIpc) is 2.75. The first-order valence-electron chi connectivity index (χ1n) is 9.19. The molecule has 0 unspecified atom stereocenters. The van der Waals surface area contributed by atoms with Gasteiger partial charge < -0.3 is 0 Å². The number of halogens is 25. The number of primary sulfonamides is 1. The Morgan fingerprint density at radius 3 is 0.721 bits per heavy atom. The Balaban J connectivity index is 7.29. The molecular weight excluding hydrogens is 721 g/mol. The zero-order valence-corrected chi connectivity index (χ0v) is 19.5. The quantitative estimate of drug-likeness (QED) is 0.204. The second-order valence-corrected chi connectivity index (χ2v) is 9.80.